The van der Waals surface area contributed by atoms with Gasteiger partial charge in [-0.15, -0.1) is 0 Å². The maximum absolute atomic E-state index is 13.9. The zero-order valence-electron chi connectivity index (χ0n) is 19.4. The molecule has 0 bridgehead atoms. The molecular weight excluding hydrogens is 450 g/mol. The van der Waals surface area contributed by atoms with Crippen LogP contribution in [-0.4, -0.2) is 42.7 Å². The molecule has 0 saturated carbocycles. The Balaban J connectivity index is 1.61. The van der Waals surface area contributed by atoms with Crippen molar-refractivity contribution >= 4 is 23.1 Å². The number of carbonyl (C=O) groups excluding carboxylic acids is 2. The molecule has 8 heteroatoms. The van der Waals surface area contributed by atoms with Gasteiger partial charge >= 0.3 is 0 Å². The summed E-state index contributed by atoms with van der Waals surface area (Å²) in [4.78, 5) is 32.6. The number of para-hydroxylation sites is 1. The van der Waals surface area contributed by atoms with Crippen molar-refractivity contribution in [1.29, 1.82) is 0 Å². The van der Waals surface area contributed by atoms with E-state index in [1.165, 1.54) is 6.92 Å². The number of nitrogens with zero attached hydrogens (tertiary/aromatic N) is 2. The second-order valence-corrected chi connectivity index (χ2v) is 8.51. The second-order valence-electron chi connectivity index (χ2n) is 8.51. The lowest BCUT2D eigenvalue weighted by atomic mass is 10.00. The van der Waals surface area contributed by atoms with E-state index in [1.54, 1.807) is 11.9 Å². The van der Waals surface area contributed by atoms with Crippen molar-refractivity contribution < 1.29 is 18.4 Å². The molecule has 1 amide bonds. The Hall–Kier alpha value is -3.91. The Labute approximate surface area is 202 Å². The summed E-state index contributed by atoms with van der Waals surface area (Å²) in [5, 5.41) is 2.58. The van der Waals surface area contributed by atoms with Crippen LogP contribution in [0.2, 0.25) is 0 Å². The fourth-order valence-corrected chi connectivity index (χ4v) is 4.17. The third kappa shape index (κ3) is 5.12. The van der Waals surface area contributed by atoms with Gasteiger partial charge in [0.05, 0.1) is 18.2 Å². The number of ketones is 1. The van der Waals surface area contributed by atoms with Crippen LogP contribution in [0.4, 0.5) is 14.5 Å². The molecule has 2 unspecified atom stereocenters. The molecule has 0 aliphatic carbocycles. The number of rotatable bonds is 6. The maximum atomic E-state index is 13.9. The number of Topliss-reactive ketones (excluding diaryl/α,β-unsaturated/α-hetero) is 1. The fraction of sp³-hybridized carbons (Fsp3) is 0.222. The summed E-state index contributed by atoms with van der Waals surface area (Å²) in [6.07, 6.45) is -1.19. The number of halogens is 2. The zero-order valence-corrected chi connectivity index (χ0v) is 19.4. The minimum absolute atomic E-state index is 0.0899. The van der Waals surface area contributed by atoms with Crippen LogP contribution in [0.3, 0.4) is 0 Å². The maximum Gasteiger partial charge on any atom is 0.225 e. The third-order valence-electron chi connectivity index (χ3n) is 6.08. The number of hydrogen-bond donors (Lipinski definition) is 2. The number of likely N-dealkylation sites (N-methyl/N-ethyl adjacent to an activating group) is 1. The number of fused-ring (bicyclic) bond motifs is 1. The number of hydrogen-bond acceptors (Lipinski definition) is 5. The van der Waals surface area contributed by atoms with Gasteiger partial charge in [-0.1, -0.05) is 48.5 Å². The Morgan fingerprint density at radius 2 is 1.74 bits per heavy atom. The lowest BCUT2D eigenvalue weighted by Crippen LogP contribution is -2.55. The molecular formula is C27H26F2N4O2. The highest BCUT2D eigenvalue weighted by molar-refractivity contribution is 6.17. The lowest BCUT2D eigenvalue weighted by Gasteiger charge is -2.30. The number of benzodiazepines with no additional fused rings is 1. The molecule has 180 valence electrons. The summed E-state index contributed by atoms with van der Waals surface area (Å²) in [5.74, 6) is -2.34. The Kier molecular flexibility index (Phi) is 7.02. The molecule has 35 heavy (non-hydrogen) atoms. The summed E-state index contributed by atoms with van der Waals surface area (Å²) < 4.78 is 27.4. The van der Waals surface area contributed by atoms with E-state index in [0.29, 0.717) is 5.71 Å². The molecule has 1 aliphatic heterocycles. The summed E-state index contributed by atoms with van der Waals surface area (Å²) in [5.41, 5.74) is 9.54. The van der Waals surface area contributed by atoms with Crippen molar-refractivity contribution in [2.75, 3.05) is 11.9 Å². The van der Waals surface area contributed by atoms with Gasteiger partial charge in [0.25, 0.3) is 0 Å². The van der Waals surface area contributed by atoms with E-state index in [-0.39, 0.29) is 5.56 Å². The first kappa shape index (κ1) is 24.2. The predicted octanol–water partition coefficient (Wildman–Crippen LogP) is 3.22. The van der Waals surface area contributed by atoms with Gasteiger partial charge < -0.3 is 16.0 Å². The van der Waals surface area contributed by atoms with Crippen LogP contribution < -0.4 is 16.0 Å². The molecule has 6 nitrogen and oxygen atoms in total. The van der Waals surface area contributed by atoms with E-state index in [1.807, 2.05) is 54.6 Å². The number of aliphatic imine (C=N–C) groups is 1. The van der Waals surface area contributed by atoms with Crippen LogP contribution in [-0.2, 0) is 16.0 Å². The third-order valence-corrected chi connectivity index (χ3v) is 6.08. The average Bonchev–Trinajstić information content (AvgIpc) is 2.96. The number of benzene rings is 3. The Bertz CT molecular complexity index is 1280. The van der Waals surface area contributed by atoms with Crippen molar-refractivity contribution in [3.8, 4) is 0 Å². The number of nitrogens with two attached hydrogens (primary N) is 1. The number of carbonyl (C=O) groups is 2. The predicted molar refractivity (Wildman–Crippen MR) is 131 cm³/mol. The van der Waals surface area contributed by atoms with E-state index in [2.05, 4.69) is 5.32 Å². The molecule has 3 N–H and O–H groups in total. The highest BCUT2D eigenvalue weighted by Gasteiger charge is 2.36. The first-order valence-electron chi connectivity index (χ1n) is 11.2. The van der Waals surface area contributed by atoms with Gasteiger partial charge in [0.1, 0.15) is 23.8 Å². The number of nitrogens with one attached hydrogen (secondary N) is 1. The van der Waals surface area contributed by atoms with Crippen LogP contribution in [0, 0.1) is 11.6 Å². The first-order valence-corrected chi connectivity index (χ1v) is 11.2. The summed E-state index contributed by atoms with van der Waals surface area (Å²) in [6, 6.07) is 18.1. The summed E-state index contributed by atoms with van der Waals surface area (Å²) >= 11 is 0. The molecule has 1 aliphatic rings. The van der Waals surface area contributed by atoms with Crippen LogP contribution in [0.25, 0.3) is 0 Å². The normalized spacial score (nSPS) is 18.2. The molecule has 0 aromatic heterocycles. The number of amides is 1. The SMILES string of the molecule is CC(NC(=O)Cc1cc(F)ccc1F)C(=O)C1N=C(c2ccccc2)c2ccccc2N(C)[C@@H]1N. The first-order chi connectivity index (χ1) is 16.8. The molecule has 1 heterocycles. The minimum atomic E-state index is -0.983. The average molecular weight is 477 g/mol. The van der Waals surface area contributed by atoms with Crippen molar-refractivity contribution in [3.63, 3.8) is 0 Å². The van der Waals surface area contributed by atoms with Crippen LogP contribution >= 0.6 is 0 Å². The van der Waals surface area contributed by atoms with E-state index in [0.717, 1.165) is 35.0 Å². The summed E-state index contributed by atoms with van der Waals surface area (Å²) in [6.45, 7) is 1.53. The highest BCUT2D eigenvalue weighted by Crippen LogP contribution is 2.29. The zero-order chi connectivity index (χ0) is 25.1. The summed E-state index contributed by atoms with van der Waals surface area (Å²) in [7, 11) is 1.79. The topological polar surface area (TPSA) is 87.8 Å². The molecule has 0 fully saturated rings. The van der Waals surface area contributed by atoms with Crippen molar-refractivity contribution in [2.45, 2.75) is 31.6 Å². The molecule has 3 aromatic rings. The highest BCUT2D eigenvalue weighted by atomic mass is 19.1. The largest absolute Gasteiger partial charge is 0.356 e. The smallest absolute Gasteiger partial charge is 0.225 e. The van der Waals surface area contributed by atoms with Crippen LogP contribution in [0.1, 0.15) is 23.6 Å². The molecule has 0 saturated heterocycles. The van der Waals surface area contributed by atoms with Gasteiger partial charge in [0.2, 0.25) is 5.91 Å². The Morgan fingerprint density at radius 1 is 1.06 bits per heavy atom. The van der Waals surface area contributed by atoms with Crippen LogP contribution in [0.5, 0.6) is 0 Å². The van der Waals surface area contributed by atoms with Crippen molar-refractivity contribution in [2.24, 2.45) is 10.7 Å². The van der Waals surface area contributed by atoms with Gasteiger partial charge in [-0.3, -0.25) is 14.6 Å². The monoisotopic (exact) mass is 476 g/mol. The molecule has 3 aromatic carbocycles. The van der Waals surface area contributed by atoms with Crippen LogP contribution in [0.15, 0.2) is 77.8 Å². The van der Waals surface area contributed by atoms with E-state index in [4.69, 9.17) is 10.7 Å². The van der Waals surface area contributed by atoms with Crippen molar-refractivity contribution in [3.05, 3.63) is 101 Å². The minimum Gasteiger partial charge on any atom is -0.356 e. The van der Waals surface area contributed by atoms with Gasteiger partial charge in [-0.25, -0.2) is 8.78 Å². The molecule has 4 rings (SSSR count). The number of anilines is 1. The van der Waals surface area contributed by atoms with Gasteiger partial charge in [-0.05, 0) is 31.2 Å². The molecule has 3 atom stereocenters. The molecule has 0 spiro atoms. The fourth-order valence-electron chi connectivity index (χ4n) is 4.17. The standard InChI is InChI=1S/C27H26F2N4O2/c1-16(31-23(34)15-18-14-19(28)12-13-21(18)29)26(35)25-27(30)33(2)22-11-7-6-10-20(22)24(32-25)17-8-4-3-5-9-17/h3-14,16,25,27H,15,30H2,1-2H3,(H,31,34)/t16?,25?,27-/m0/s1. The van der Waals surface area contributed by atoms with E-state index in [9.17, 15) is 18.4 Å². The van der Waals surface area contributed by atoms with Crippen molar-refractivity contribution in [1.82, 2.24) is 5.32 Å². The van der Waals surface area contributed by atoms with Gasteiger partial charge in [-0.2, -0.15) is 0 Å². The quantitative estimate of drug-likeness (QED) is 0.572. The lowest BCUT2D eigenvalue weighted by molar-refractivity contribution is -0.128. The van der Waals surface area contributed by atoms with Gasteiger partial charge in [0.15, 0.2) is 5.78 Å². The van der Waals surface area contributed by atoms with E-state index < -0.39 is 48.0 Å². The second kappa shape index (κ2) is 10.1. The van der Waals surface area contributed by atoms with E-state index >= 15 is 0 Å². The van der Waals surface area contributed by atoms with Gasteiger partial charge in [0, 0.05) is 29.4 Å². The Morgan fingerprint density at radius 3 is 2.49 bits per heavy atom. The molecule has 0 radical (unpaired) electrons.